The highest BCUT2D eigenvalue weighted by atomic mass is 16.5. The second kappa shape index (κ2) is 8.01. The lowest BCUT2D eigenvalue weighted by Gasteiger charge is -2.08. The first-order valence-electron chi connectivity index (χ1n) is 9.22. The largest absolute Gasteiger partial charge is 0.497 e. The Morgan fingerprint density at radius 1 is 0.857 bits per heavy atom. The number of para-hydroxylation sites is 1. The Labute approximate surface area is 163 Å². The maximum Gasteiger partial charge on any atom is 0.137 e. The van der Waals surface area contributed by atoms with E-state index < -0.39 is 0 Å². The smallest absolute Gasteiger partial charge is 0.137 e. The third-order valence-electron chi connectivity index (χ3n) is 4.41. The second-order valence-corrected chi connectivity index (χ2v) is 6.26. The Morgan fingerprint density at radius 2 is 1.61 bits per heavy atom. The minimum Gasteiger partial charge on any atom is -0.497 e. The van der Waals surface area contributed by atoms with Crippen LogP contribution in [-0.2, 0) is 0 Å². The molecule has 0 aliphatic rings. The maximum absolute atomic E-state index is 6.18. The summed E-state index contributed by atoms with van der Waals surface area (Å²) in [6.07, 6.45) is 0. The zero-order valence-electron chi connectivity index (χ0n) is 15.9. The van der Waals surface area contributed by atoms with Crippen LogP contribution in [0.1, 0.15) is 6.92 Å². The van der Waals surface area contributed by atoms with Gasteiger partial charge in [0.1, 0.15) is 22.8 Å². The van der Waals surface area contributed by atoms with Gasteiger partial charge in [-0.1, -0.05) is 18.2 Å². The number of hydrogen-bond donors (Lipinski definition) is 0. The predicted octanol–water partition coefficient (Wildman–Crippen LogP) is 5.74. The van der Waals surface area contributed by atoms with E-state index in [1.165, 1.54) is 0 Å². The van der Waals surface area contributed by atoms with Gasteiger partial charge in [-0.2, -0.15) is 0 Å². The summed E-state index contributed by atoms with van der Waals surface area (Å²) in [6, 6.07) is 25.5. The number of benzene rings is 3. The van der Waals surface area contributed by atoms with Gasteiger partial charge in [0.15, 0.2) is 0 Å². The molecule has 4 aromatic rings. The fourth-order valence-corrected chi connectivity index (χ4v) is 3.04. The van der Waals surface area contributed by atoms with Crippen molar-refractivity contribution >= 4 is 16.7 Å². The molecule has 0 unspecified atom stereocenters. The summed E-state index contributed by atoms with van der Waals surface area (Å²) in [5, 5.41) is 1.74. The first-order chi connectivity index (χ1) is 13.8. The van der Waals surface area contributed by atoms with Crippen LogP contribution in [0, 0.1) is 0 Å². The molecular weight excluding hydrogens is 350 g/mol. The molecule has 0 spiro atoms. The Balaban J connectivity index is 1.93. The van der Waals surface area contributed by atoms with Gasteiger partial charge in [-0.25, -0.2) is 4.99 Å². The summed E-state index contributed by atoms with van der Waals surface area (Å²) >= 11 is 0. The average Bonchev–Trinajstić information content (AvgIpc) is 2.75. The van der Waals surface area contributed by atoms with Gasteiger partial charge in [0.25, 0.3) is 0 Å². The van der Waals surface area contributed by atoms with Gasteiger partial charge in [0, 0.05) is 17.0 Å². The molecule has 140 valence electrons. The Morgan fingerprint density at radius 3 is 2.32 bits per heavy atom. The summed E-state index contributed by atoms with van der Waals surface area (Å²) < 4.78 is 17.1. The van der Waals surface area contributed by atoms with Gasteiger partial charge < -0.3 is 13.9 Å². The molecule has 0 aliphatic heterocycles. The van der Waals surface area contributed by atoms with Crippen molar-refractivity contribution in [1.29, 1.82) is 0 Å². The summed E-state index contributed by atoms with van der Waals surface area (Å²) in [6.45, 7) is 2.58. The molecule has 4 heteroatoms. The van der Waals surface area contributed by atoms with Gasteiger partial charge in [0.05, 0.1) is 24.8 Å². The number of rotatable bonds is 5. The number of hydrogen-bond acceptors (Lipinski definition) is 4. The van der Waals surface area contributed by atoms with Gasteiger partial charge >= 0.3 is 0 Å². The van der Waals surface area contributed by atoms with Gasteiger partial charge in [0.2, 0.25) is 0 Å². The van der Waals surface area contributed by atoms with Crippen molar-refractivity contribution in [3.05, 3.63) is 84.2 Å². The van der Waals surface area contributed by atoms with Crippen LogP contribution in [0.5, 0.6) is 11.5 Å². The standard InChI is InChI=1S/C24H21NO3/c1-3-27-20-13-14-23-21(15-20)22(25-18-7-5-4-6-8-18)16-24(28-23)17-9-11-19(26-2)12-10-17/h4-16H,3H2,1-2H3. The van der Waals surface area contributed by atoms with E-state index in [1.807, 2.05) is 85.8 Å². The van der Waals surface area contributed by atoms with E-state index in [2.05, 4.69) is 0 Å². The lowest BCUT2D eigenvalue weighted by atomic mass is 10.1. The predicted molar refractivity (Wildman–Crippen MR) is 111 cm³/mol. The van der Waals surface area contributed by atoms with E-state index in [4.69, 9.17) is 18.9 Å². The van der Waals surface area contributed by atoms with Crippen LogP contribution in [0.2, 0.25) is 0 Å². The molecule has 0 atom stereocenters. The van der Waals surface area contributed by atoms with Crippen molar-refractivity contribution in [3.63, 3.8) is 0 Å². The Bertz CT molecular complexity index is 1150. The Hall–Kier alpha value is -3.53. The van der Waals surface area contributed by atoms with E-state index in [0.717, 1.165) is 44.8 Å². The summed E-state index contributed by atoms with van der Waals surface area (Å²) in [5.74, 6) is 2.35. The SMILES string of the molecule is CCOc1ccc2oc(-c3ccc(OC)cc3)cc(=Nc3ccccc3)c2c1. The molecule has 0 bridgehead atoms. The van der Waals surface area contributed by atoms with Crippen molar-refractivity contribution in [2.24, 2.45) is 4.99 Å². The molecule has 0 amide bonds. The highest BCUT2D eigenvalue weighted by Gasteiger charge is 2.08. The normalized spacial score (nSPS) is 11.6. The minimum atomic E-state index is 0.609. The van der Waals surface area contributed by atoms with Crippen LogP contribution >= 0.6 is 0 Å². The maximum atomic E-state index is 6.18. The topological polar surface area (TPSA) is 44.0 Å². The van der Waals surface area contributed by atoms with Crippen LogP contribution in [0.25, 0.3) is 22.3 Å². The molecular formula is C24H21NO3. The number of methoxy groups -OCH3 is 1. The van der Waals surface area contributed by atoms with Crippen molar-refractivity contribution in [2.45, 2.75) is 6.92 Å². The lowest BCUT2D eigenvalue weighted by molar-refractivity contribution is 0.340. The quantitative estimate of drug-likeness (QED) is 0.449. The van der Waals surface area contributed by atoms with E-state index in [1.54, 1.807) is 7.11 Å². The molecule has 28 heavy (non-hydrogen) atoms. The first kappa shape index (κ1) is 17.9. The van der Waals surface area contributed by atoms with Crippen molar-refractivity contribution < 1.29 is 13.9 Å². The fraction of sp³-hybridized carbons (Fsp3) is 0.125. The first-order valence-corrected chi connectivity index (χ1v) is 9.22. The van der Waals surface area contributed by atoms with Crippen molar-refractivity contribution in [2.75, 3.05) is 13.7 Å². The van der Waals surface area contributed by atoms with Crippen LogP contribution in [0.4, 0.5) is 5.69 Å². The monoisotopic (exact) mass is 371 g/mol. The number of fused-ring (bicyclic) bond motifs is 1. The van der Waals surface area contributed by atoms with E-state index in [9.17, 15) is 0 Å². The highest BCUT2D eigenvalue weighted by molar-refractivity contribution is 5.80. The third-order valence-corrected chi connectivity index (χ3v) is 4.41. The number of ether oxygens (including phenoxy) is 2. The third kappa shape index (κ3) is 3.76. The van der Waals surface area contributed by atoms with Crippen LogP contribution in [0.3, 0.4) is 0 Å². The molecule has 0 N–H and O–H groups in total. The summed E-state index contributed by atoms with van der Waals surface area (Å²) in [5.41, 5.74) is 2.60. The lowest BCUT2D eigenvalue weighted by Crippen LogP contribution is -2.04. The highest BCUT2D eigenvalue weighted by Crippen LogP contribution is 2.26. The molecule has 4 rings (SSSR count). The van der Waals surface area contributed by atoms with Crippen molar-refractivity contribution in [1.82, 2.24) is 0 Å². The molecule has 3 aromatic carbocycles. The van der Waals surface area contributed by atoms with Crippen molar-refractivity contribution in [3.8, 4) is 22.8 Å². The zero-order valence-corrected chi connectivity index (χ0v) is 15.9. The van der Waals surface area contributed by atoms with Crippen LogP contribution in [-0.4, -0.2) is 13.7 Å². The molecule has 0 aliphatic carbocycles. The van der Waals surface area contributed by atoms with Crippen LogP contribution in [0.15, 0.2) is 88.3 Å². The summed E-state index contributed by atoms with van der Waals surface area (Å²) in [4.78, 5) is 4.85. The van der Waals surface area contributed by atoms with Crippen LogP contribution < -0.4 is 14.8 Å². The molecule has 0 radical (unpaired) electrons. The Kier molecular flexibility index (Phi) is 5.11. The molecule has 1 aromatic heterocycles. The number of nitrogens with zero attached hydrogens (tertiary/aromatic N) is 1. The molecule has 0 saturated carbocycles. The molecule has 1 heterocycles. The van der Waals surface area contributed by atoms with E-state index in [0.29, 0.717) is 6.61 Å². The van der Waals surface area contributed by atoms with E-state index in [-0.39, 0.29) is 0 Å². The summed E-state index contributed by atoms with van der Waals surface area (Å²) in [7, 11) is 1.65. The van der Waals surface area contributed by atoms with Gasteiger partial charge in [-0.05, 0) is 61.5 Å². The van der Waals surface area contributed by atoms with Gasteiger partial charge in [-0.3, -0.25) is 0 Å². The fourth-order valence-electron chi connectivity index (χ4n) is 3.04. The minimum absolute atomic E-state index is 0.609. The second-order valence-electron chi connectivity index (χ2n) is 6.26. The average molecular weight is 371 g/mol. The van der Waals surface area contributed by atoms with E-state index >= 15 is 0 Å². The zero-order chi connectivity index (χ0) is 19.3. The molecule has 4 nitrogen and oxygen atoms in total. The molecule has 0 fully saturated rings. The van der Waals surface area contributed by atoms with Gasteiger partial charge in [-0.15, -0.1) is 0 Å². The molecule has 0 saturated heterocycles.